The van der Waals surface area contributed by atoms with Gasteiger partial charge in [0.1, 0.15) is 17.7 Å². The standard InChI is InChI=1S/C13H7F2N3O2/c14-9-3-1-8(2-4-9)11-12(18(15)20-13(11)19)10-5-6-16-7-17-10/h1-7H. The lowest BCUT2D eigenvalue weighted by Crippen LogP contribution is -1.98. The van der Waals surface area contributed by atoms with Crippen molar-refractivity contribution in [3.05, 3.63) is 59.1 Å². The van der Waals surface area contributed by atoms with E-state index in [0.29, 0.717) is 5.56 Å². The number of nitrogens with zero attached hydrogens (tertiary/aromatic N) is 3. The molecule has 3 rings (SSSR count). The Morgan fingerprint density at radius 3 is 2.55 bits per heavy atom. The monoisotopic (exact) mass is 275 g/mol. The molecule has 2 aromatic heterocycles. The van der Waals surface area contributed by atoms with E-state index >= 15 is 0 Å². The number of halogens is 2. The van der Waals surface area contributed by atoms with Crippen LogP contribution in [0.25, 0.3) is 22.5 Å². The Morgan fingerprint density at radius 2 is 1.90 bits per heavy atom. The molecule has 0 aliphatic heterocycles. The predicted molar refractivity (Wildman–Crippen MR) is 65.9 cm³/mol. The van der Waals surface area contributed by atoms with Gasteiger partial charge in [0.15, 0.2) is 5.69 Å². The molecule has 3 aromatic rings. The van der Waals surface area contributed by atoms with Crippen LogP contribution >= 0.6 is 0 Å². The van der Waals surface area contributed by atoms with E-state index < -0.39 is 11.4 Å². The summed E-state index contributed by atoms with van der Waals surface area (Å²) in [5, 5.41) is 0. The van der Waals surface area contributed by atoms with E-state index in [1.54, 1.807) is 0 Å². The molecule has 0 saturated carbocycles. The van der Waals surface area contributed by atoms with E-state index in [4.69, 9.17) is 0 Å². The third-order valence-corrected chi connectivity index (χ3v) is 2.74. The number of rotatable bonds is 2. The Balaban J connectivity index is 2.26. The third kappa shape index (κ3) is 1.99. The maximum absolute atomic E-state index is 13.7. The molecule has 0 atom stereocenters. The van der Waals surface area contributed by atoms with Gasteiger partial charge in [-0.25, -0.2) is 19.2 Å². The van der Waals surface area contributed by atoms with E-state index in [2.05, 4.69) is 14.5 Å². The van der Waals surface area contributed by atoms with Crippen molar-refractivity contribution >= 4 is 0 Å². The van der Waals surface area contributed by atoms with Crippen LogP contribution in [0, 0.1) is 5.82 Å². The fourth-order valence-electron chi connectivity index (χ4n) is 1.87. The predicted octanol–water partition coefficient (Wildman–Crippen LogP) is 2.44. The van der Waals surface area contributed by atoms with Crippen LogP contribution in [0.3, 0.4) is 0 Å². The maximum Gasteiger partial charge on any atom is 0.369 e. The first-order valence-electron chi connectivity index (χ1n) is 5.61. The van der Waals surface area contributed by atoms with Gasteiger partial charge in [0.25, 0.3) is 0 Å². The summed E-state index contributed by atoms with van der Waals surface area (Å²) in [4.78, 5) is 19.2. The van der Waals surface area contributed by atoms with Crippen LogP contribution in [0.2, 0.25) is 0 Å². The molecule has 20 heavy (non-hydrogen) atoms. The average Bonchev–Trinajstić information content (AvgIpc) is 2.75. The Morgan fingerprint density at radius 1 is 1.15 bits per heavy atom. The summed E-state index contributed by atoms with van der Waals surface area (Å²) in [5.41, 5.74) is -0.499. The Kier molecular flexibility index (Phi) is 2.86. The molecule has 0 bridgehead atoms. The molecule has 5 nitrogen and oxygen atoms in total. The molecule has 2 heterocycles. The molecule has 0 unspecified atom stereocenters. The minimum atomic E-state index is -0.868. The van der Waals surface area contributed by atoms with Gasteiger partial charge in [-0.15, -0.1) is 0 Å². The van der Waals surface area contributed by atoms with Crippen molar-refractivity contribution in [1.29, 1.82) is 0 Å². The lowest BCUT2D eigenvalue weighted by atomic mass is 10.0. The lowest BCUT2D eigenvalue weighted by molar-refractivity contribution is 0.109. The largest absolute Gasteiger partial charge is 0.369 e. The zero-order chi connectivity index (χ0) is 14.1. The molecule has 7 heteroatoms. The third-order valence-electron chi connectivity index (χ3n) is 2.74. The minimum absolute atomic E-state index is 0.0220. The number of hydrogen-bond donors (Lipinski definition) is 0. The van der Waals surface area contributed by atoms with E-state index in [1.165, 1.54) is 42.9 Å². The second kappa shape index (κ2) is 4.69. The first kappa shape index (κ1) is 12.2. The summed E-state index contributed by atoms with van der Waals surface area (Å²) < 4.78 is 31.1. The van der Waals surface area contributed by atoms with Crippen molar-refractivity contribution in [2.24, 2.45) is 0 Å². The normalized spacial score (nSPS) is 10.7. The van der Waals surface area contributed by atoms with Crippen LogP contribution in [0.1, 0.15) is 0 Å². The van der Waals surface area contributed by atoms with Gasteiger partial charge >= 0.3 is 5.63 Å². The van der Waals surface area contributed by atoms with Crippen LogP contribution in [-0.2, 0) is 0 Å². The zero-order valence-corrected chi connectivity index (χ0v) is 9.96. The maximum atomic E-state index is 13.7. The van der Waals surface area contributed by atoms with Crippen molar-refractivity contribution < 1.29 is 13.4 Å². The van der Waals surface area contributed by atoms with E-state index in [-0.39, 0.29) is 21.9 Å². The quantitative estimate of drug-likeness (QED) is 0.720. The van der Waals surface area contributed by atoms with Gasteiger partial charge in [-0.3, -0.25) is 0 Å². The van der Waals surface area contributed by atoms with E-state index in [1.807, 2.05) is 0 Å². The Bertz CT molecular complexity index is 795. The lowest BCUT2D eigenvalue weighted by Gasteiger charge is -2.01. The van der Waals surface area contributed by atoms with Crippen LogP contribution in [-0.4, -0.2) is 14.9 Å². The van der Waals surface area contributed by atoms with Crippen LogP contribution < -0.4 is 5.63 Å². The van der Waals surface area contributed by atoms with E-state index in [9.17, 15) is 13.7 Å². The van der Waals surface area contributed by atoms with Crippen LogP contribution in [0.4, 0.5) is 8.87 Å². The molecule has 0 fully saturated rings. The van der Waals surface area contributed by atoms with Gasteiger partial charge in [-0.2, -0.15) is 0 Å². The highest BCUT2D eigenvalue weighted by atomic mass is 19.2. The van der Waals surface area contributed by atoms with Gasteiger partial charge in [-0.1, -0.05) is 16.6 Å². The average molecular weight is 275 g/mol. The fraction of sp³-hybridized carbons (Fsp3) is 0. The second-order valence-corrected chi connectivity index (χ2v) is 3.95. The molecule has 0 aliphatic rings. The van der Waals surface area contributed by atoms with Gasteiger partial charge in [0.2, 0.25) is 0 Å². The molecule has 100 valence electrons. The molecular formula is C13H7F2N3O2. The molecule has 0 radical (unpaired) electrons. The topological polar surface area (TPSA) is 60.9 Å². The second-order valence-electron chi connectivity index (χ2n) is 3.95. The highest BCUT2D eigenvalue weighted by Crippen LogP contribution is 2.28. The highest BCUT2D eigenvalue weighted by Gasteiger charge is 2.21. The highest BCUT2D eigenvalue weighted by molar-refractivity contribution is 5.78. The van der Waals surface area contributed by atoms with Crippen LogP contribution in [0.15, 0.2) is 52.2 Å². The summed E-state index contributed by atoms with van der Waals surface area (Å²) >= 11 is 0. The summed E-state index contributed by atoms with van der Waals surface area (Å²) in [6.45, 7) is 0. The number of hydrogen-bond acceptors (Lipinski definition) is 4. The minimum Gasteiger partial charge on any atom is -0.305 e. The number of aromatic nitrogens is 3. The molecule has 0 saturated heterocycles. The summed E-state index contributed by atoms with van der Waals surface area (Å²) in [6.07, 6.45) is 2.63. The summed E-state index contributed by atoms with van der Waals surface area (Å²) in [5.74, 6) is -0.457. The first-order chi connectivity index (χ1) is 9.66. The van der Waals surface area contributed by atoms with Crippen molar-refractivity contribution in [3.8, 4) is 22.5 Å². The fourth-order valence-corrected chi connectivity index (χ4v) is 1.87. The zero-order valence-electron chi connectivity index (χ0n) is 9.96. The first-order valence-corrected chi connectivity index (χ1v) is 5.61. The number of benzene rings is 1. The van der Waals surface area contributed by atoms with Crippen molar-refractivity contribution in [3.63, 3.8) is 0 Å². The van der Waals surface area contributed by atoms with Gasteiger partial charge in [-0.05, 0) is 28.7 Å². The SMILES string of the molecule is O=c1on(F)c(-c2ccncn2)c1-c1ccc(F)cc1. The molecule has 0 amide bonds. The van der Waals surface area contributed by atoms with Gasteiger partial charge < -0.3 is 4.52 Å². The Labute approximate surface area is 111 Å². The van der Waals surface area contributed by atoms with Gasteiger partial charge in [0, 0.05) is 6.20 Å². The smallest absolute Gasteiger partial charge is 0.305 e. The van der Waals surface area contributed by atoms with Gasteiger partial charge in [0.05, 0.1) is 5.69 Å². The molecule has 0 N–H and O–H groups in total. The van der Waals surface area contributed by atoms with Crippen molar-refractivity contribution in [2.45, 2.75) is 0 Å². The molecular weight excluding hydrogens is 268 g/mol. The Hall–Kier alpha value is -2.83. The van der Waals surface area contributed by atoms with Crippen LogP contribution in [0.5, 0.6) is 0 Å². The van der Waals surface area contributed by atoms with E-state index in [0.717, 1.165) is 0 Å². The summed E-state index contributed by atoms with van der Waals surface area (Å²) in [7, 11) is 0. The summed E-state index contributed by atoms with van der Waals surface area (Å²) in [6, 6.07) is 6.52. The molecule has 1 aromatic carbocycles. The molecule has 0 spiro atoms. The van der Waals surface area contributed by atoms with Crippen molar-refractivity contribution in [2.75, 3.05) is 0 Å². The van der Waals surface area contributed by atoms with Crippen molar-refractivity contribution in [1.82, 2.24) is 14.9 Å². The molecule has 0 aliphatic carbocycles.